The fourth-order valence-electron chi connectivity index (χ4n) is 3.71. The van der Waals surface area contributed by atoms with E-state index in [9.17, 15) is 14.4 Å². The summed E-state index contributed by atoms with van der Waals surface area (Å²) in [4.78, 5) is 50.4. The average molecular weight is 463 g/mol. The molecule has 0 atom stereocenters. The van der Waals surface area contributed by atoms with Crippen LogP contribution in [0.1, 0.15) is 41.7 Å². The molecule has 5 rings (SSSR count). The van der Waals surface area contributed by atoms with E-state index in [0.717, 1.165) is 28.6 Å². The molecule has 1 saturated carbocycles. The fraction of sp³-hybridized carbons (Fsp3) is 0.261. The van der Waals surface area contributed by atoms with E-state index in [4.69, 9.17) is 0 Å². The predicted octanol–water partition coefficient (Wildman–Crippen LogP) is 3.12. The molecule has 33 heavy (non-hydrogen) atoms. The second-order valence-electron chi connectivity index (χ2n) is 7.97. The zero-order valence-electron chi connectivity index (χ0n) is 18.2. The third-order valence-electron chi connectivity index (χ3n) is 5.62. The van der Waals surface area contributed by atoms with Gasteiger partial charge in [0.2, 0.25) is 0 Å². The van der Waals surface area contributed by atoms with Crippen LogP contribution in [0, 0.1) is 0 Å². The van der Waals surface area contributed by atoms with Gasteiger partial charge in [-0.05, 0) is 50.1 Å². The molecule has 3 heterocycles. The van der Waals surface area contributed by atoms with E-state index >= 15 is 0 Å². The highest BCUT2D eigenvalue weighted by Gasteiger charge is 2.28. The van der Waals surface area contributed by atoms with Crippen molar-refractivity contribution in [3.8, 4) is 0 Å². The lowest BCUT2D eigenvalue weighted by Crippen LogP contribution is -2.32. The molecule has 1 aliphatic carbocycles. The minimum atomic E-state index is -0.610. The van der Waals surface area contributed by atoms with Gasteiger partial charge < -0.3 is 9.88 Å². The van der Waals surface area contributed by atoms with Crippen LogP contribution >= 0.6 is 11.8 Å². The molecular weight excluding hydrogens is 440 g/mol. The number of rotatable bonds is 6. The number of nitrogens with zero attached hydrogens (tertiary/aromatic N) is 4. The molecule has 4 aromatic rings. The van der Waals surface area contributed by atoms with Crippen molar-refractivity contribution in [2.45, 2.75) is 42.3 Å². The number of benzene rings is 1. The molecule has 2 N–H and O–H groups in total. The van der Waals surface area contributed by atoms with E-state index in [0.29, 0.717) is 12.2 Å². The van der Waals surface area contributed by atoms with Crippen LogP contribution in [0.15, 0.2) is 62.4 Å². The second kappa shape index (κ2) is 8.36. The highest BCUT2D eigenvalue weighted by atomic mass is 32.2. The molecule has 3 aromatic heterocycles. The molecule has 0 saturated heterocycles. The molecule has 1 amide bonds. The van der Waals surface area contributed by atoms with Crippen LogP contribution in [0.3, 0.4) is 0 Å². The van der Waals surface area contributed by atoms with Crippen molar-refractivity contribution < 1.29 is 4.79 Å². The molecule has 1 fully saturated rings. The largest absolute Gasteiger partial charge is 0.329 e. The minimum Gasteiger partial charge on any atom is -0.329 e. The van der Waals surface area contributed by atoms with Crippen LogP contribution in [0.25, 0.3) is 11.0 Å². The lowest BCUT2D eigenvalue weighted by Gasteiger charge is -2.13. The molecule has 0 unspecified atom stereocenters. The quantitative estimate of drug-likeness (QED) is 0.455. The van der Waals surface area contributed by atoms with Crippen molar-refractivity contribution in [1.82, 2.24) is 24.1 Å². The molecule has 9 nitrogen and oxygen atoms in total. The number of carbonyl (C=O) groups is 1. The number of hydrogen-bond donors (Lipinski definition) is 2. The first-order valence-electron chi connectivity index (χ1n) is 10.7. The Kier molecular flexibility index (Phi) is 5.37. The Hall–Kier alpha value is -3.66. The first kappa shape index (κ1) is 21.2. The van der Waals surface area contributed by atoms with Crippen molar-refractivity contribution in [1.29, 1.82) is 0 Å². The number of aromatic nitrogens is 5. The Morgan fingerprint density at radius 3 is 2.64 bits per heavy atom. The highest BCUT2D eigenvalue weighted by molar-refractivity contribution is 7.99. The Labute approximate surface area is 192 Å². The molecule has 168 valence electrons. The Balaban J connectivity index is 1.49. The summed E-state index contributed by atoms with van der Waals surface area (Å²) in [5.74, 6) is -0.163. The van der Waals surface area contributed by atoms with E-state index in [2.05, 4.69) is 20.3 Å². The molecule has 1 aliphatic rings. The van der Waals surface area contributed by atoms with Gasteiger partial charge in [-0.1, -0.05) is 11.8 Å². The maximum absolute atomic E-state index is 13.2. The van der Waals surface area contributed by atoms with Gasteiger partial charge in [-0.2, -0.15) is 0 Å². The number of aryl methyl sites for hydroxylation is 2. The zero-order valence-corrected chi connectivity index (χ0v) is 19.0. The number of imidazole rings is 1. The van der Waals surface area contributed by atoms with Crippen LogP contribution in [0.2, 0.25) is 0 Å². The number of aromatic amines is 1. The summed E-state index contributed by atoms with van der Waals surface area (Å²) in [5, 5.41) is 3.87. The molecule has 0 spiro atoms. The number of fused-ring (bicyclic) bond motifs is 1. The molecule has 10 heteroatoms. The highest BCUT2D eigenvalue weighted by Crippen LogP contribution is 2.40. The van der Waals surface area contributed by atoms with Gasteiger partial charge in [-0.3, -0.25) is 19.1 Å². The van der Waals surface area contributed by atoms with Crippen molar-refractivity contribution in [3.63, 3.8) is 0 Å². The van der Waals surface area contributed by atoms with Gasteiger partial charge in [0.1, 0.15) is 0 Å². The summed E-state index contributed by atoms with van der Waals surface area (Å²) in [5.41, 5.74) is 0.674. The van der Waals surface area contributed by atoms with Gasteiger partial charge in [0.05, 0.1) is 10.9 Å². The van der Waals surface area contributed by atoms with Crippen molar-refractivity contribution >= 4 is 34.4 Å². The molecule has 0 radical (unpaired) electrons. The number of pyridine rings is 1. The Morgan fingerprint density at radius 2 is 2.00 bits per heavy atom. The third kappa shape index (κ3) is 4.09. The maximum Gasteiger partial charge on any atom is 0.329 e. The number of hydrogen-bond acceptors (Lipinski definition) is 6. The van der Waals surface area contributed by atoms with Gasteiger partial charge in [0, 0.05) is 48.2 Å². The fourth-order valence-corrected chi connectivity index (χ4v) is 4.52. The molecular formula is C23H22N6O3S. The van der Waals surface area contributed by atoms with E-state index in [1.165, 1.54) is 16.3 Å². The lowest BCUT2D eigenvalue weighted by atomic mass is 10.1. The topological polar surface area (TPSA) is 115 Å². The van der Waals surface area contributed by atoms with E-state index in [1.54, 1.807) is 31.3 Å². The summed E-state index contributed by atoms with van der Waals surface area (Å²) in [6.07, 6.45) is 5.58. The smallest absolute Gasteiger partial charge is 0.329 e. The number of amides is 1. The van der Waals surface area contributed by atoms with E-state index in [-0.39, 0.29) is 22.5 Å². The van der Waals surface area contributed by atoms with Crippen molar-refractivity contribution in [2.75, 3.05) is 5.32 Å². The van der Waals surface area contributed by atoms with Crippen LogP contribution in [-0.4, -0.2) is 30.0 Å². The van der Waals surface area contributed by atoms with Gasteiger partial charge >= 0.3 is 5.69 Å². The summed E-state index contributed by atoms with van der Waals surface area (Å²) in [6, 6.07) is 9.09. The molecule has 0 aliphatic heterocycles. The minimum absolute atomic E-state index is 0.125. The SMILES string of the molecule is CCn1c(=O)[nH]c(=O)c2c(C(=O)Nc3ccc(Sc4nccn4C)cc3)cc(C3CC3)nc21. The summed E-state index contributed by atoms with van der Waals surface area (Å²) < 4.78 is 3.32. The van der Waals surface area contributed by atoms with Crippen LogP contribution in [0.5, 0.6) is 0 Å². The summed E-state index contributed by atoms with van der Waals surface area (Å²) >= 11 is 1.52. The standard InChI is InChI=1S/C23H22N6O3S/c1-3-29-19-18(21(31)27-22(29)32)16(12-17(26-19)13-4-5-13)20(30)25-14-6-8-15(9-7-14)33-23-24-10-11-28(23)2/h6-13H,3-5H2,1-2H3,(H,25,30)(H,27,31,32). The number of carbonyl (C=O) groups excluding carboxylic acids is 1. The normalized spacial score (nSPS) is 13.4. The average Bonchev–Trinajstić information content (AvgIpc) is 3.57. The van der Waals surface area contributed by atoms with Crippen LogP contribution < -0.4 is 16.6 Å². The van der Waals surface area contributed by atoms with Crippen molar-refractivity contribution in [3.05, 3.63) is 74.8 Å². The first-order valence-corrected chi connectivity index (χ1v) is 11.5. The third-order valence-corrected chi connectivity index (χ3v) is 6.71. The maximum atomic E-state index is 13.2. The first-order chi connectivity index (χ1) is 15.9. The van der Waals surface area contributed by atoms with Gasteiger partial charge in [-0.15, -0.1) is 0 Å². The van der Waals surface area contributed by atoms with Gasteiger partial charge in [0.25, 0.3) is 11.5 Å². The number of anilines is 1. The van der Waals surface area contributed by atoms with Crippen LogP contribution in [0.4, 0.5) is 5.69 Å². The monoisotopic (exact) mass is 462 g/mol. The Bertz CT molecular complexity index is 1480. The Morgan fingerprint density at radius 1 is 1.24 bits per heavy atom. The molecule has 1 aromatic carbocycles. The molecule has 0 bridgehead atoms. The van der Waals surface area contributed by atoms with E-state index in [1.807, 2.05) is 29.9 Å². The van der Waals surface area contributed by atoms with Crippen LogP contribution in [-0.2, 0) is 13.6 Å². The van der Waals surface area contributed by atoms with Gasteiger partial charge in [-0.25, -0.2) is 14.8 Å². The lowest BCUT2D eigenvalue weighted by molar-refractivity contribution is 0.102. The summed E-state index contributed by atoms with van der Waals surface area (Å²) in [7, 11) is 1.93. The van der Waals surface area contributed by atoms with Crippen molar-refractivity contribution in [2.24, 2.45) is 7.05 Å². The zero-order chi connectivity index (χ0) is 23.1. The second-order valence-corrected chi connectivity index (χ2v) is 9.01. The number of H-pyrrole nitrogens is 1. The summed E-state index contributed by atoms with van der Waals surface area (Å²) in [6.45, 7) is 2.14. The predicted molar refractivity (Wildman–Crippen MR) is 126 cm³/mol. The van der Waals surface area contributed by atoms with E-state index < -0.39 is 17.2 Å². The van der Waals surface area contributed by atoms with Gasteiger partial charge in [0.15, 0.2) is 10.8 Å². The number of nitrogens with one attached hydrogen (secondary N) is 2.